The van der Waals surface area contributed by atoms with E-state index < -0.39 is 17.9 Å². The predicted octanol–water partition coefficient (Wildman–Crippen LogP) is 2.03. The second-order valence-electron chi connectivity index (χ2n) is 6.38. The Hall–Kier alpha value is -2.51. The molecule has 0 radical (unpaired) electrons. The predicted molar refractivity (Wildman–Crippen MR) is 94.8 cm³/mol. The van der Waals surface area contributed by atoms with Crippen molar-refractivity contribution in [2.75, 3.05) is 6.54 Å². The number of carbonyl (C=O) groups is 1. The van der Waals surface area contributed by atoms with Gasteiger partial charge in [-0.15, -0.1) is 0 Å². The Morgan fingerprint density at radius 3 is 2.76 bits per heavy atom. The number of nitrogens with two attached hydrogens (primary N) is 1. The largest absolute Gasteiger partial charge is 0.317 e. The van der Waals surface area contributed by atoms with Gasteiger partial charge in [0.25, 0.3) is 5.91 Å². The average molecular weight is 343 g/mol. The minimum Gasteiger partial charge on any atom is -0.317 e. The van der Waals surface area contributed by atoms with Crippen LogP contribution in [0, 0.1) is 5.82 Å². The molecule has 1 aromatic rings. The summed E-state index contributed by atoms with van der Waals surface area (Å²) < 4.78 is 14.1. The van der Waals surface area contributed by atoms with Gasteiger partial charge < -0.3 is 4.90 Å². The zero-order chi connectivity index (χ0) is 18.1. The van der Waals surface area contributed by atoms with Crippen molar-refractivity contribution in [3.8, 4) is 0 Å². The van der Waals surface area contributed by atoms with Gasteiger partial charge in [-0.3, -0.25) is 16.1 Å². The van der Waals surface area contributed by atoms with Gasteiger partial charge in [0.2, 0.25) is 0 Å². The van der Waals surface area contributed by atoms with Crippen LogP contribution >= 0.6 is 0 Å². The van der Waals surface area contributed by atoms with Crippen LogP contribution in [0.2, 0.25) is 0 Å². The van der Waals surface area contributed by atoms with Crippen LogP contribution < -0.4 is 16.7 Å². The quantitative estimate of drug-likeness (QED) is 0.567. The molecule has 1 atom stereocenters. The molecule has 1 fully saturated rings. The van der Waals surface area contributed by atoms with Gasteiger partial charge in [-0.1, -0.05) is 17.7 Å². The first-order valence-electron chi connectivity index (χ1n) is 8.19. The summed E-state index contributed by atoms with van der Waals surface area (Å²) in [5.74, 6) is 4.85. The Bertz CT molecular complexity index is 807. The molecule has 0 saturated carbocycles. The fourth-order valence-electron chi connectivity index (χ4n) is 3.35. The lowest BCUT2D eigenvalue weighted by molar-refractivity contribution is 0.0669. The van der Waals surface area contributed by atoms with Crippen LogP contribution in [0.15, 0.2) is 51.8 Å². The van der Waals surface area contributed by atoms with Crippen molar-refractivity contribution in [1.29, 1.82) is 0 Å². The summed E-state index contributed by atoms with van der Waals surface area (Å²) in [6, 6.07) is 5.98. The number of hydrogen-bond donors (Lipinski definition) is 3. The summed E-state index contributed by atoms with van der Waals surface area (Å²) in [6.45, 7) is 6.36. The lowest BCUT2D eigenvalue weighted by Gasteiger charge is -2.40. The number of amides is 1. The summed E-state index contributed by atoms with van der Waals surface area (Å²) in [7, 11) is 0. The molecule has 132 valence electrons. The summed E-state index contributed by atoms with van der Waals surface area (Å²) in [5, 5.41) is 4.43. The molecule has 0 aliphatic carbocycles. The van der Waals surface area contributed by atoms with Crippen LogP contribution in [0.4, 0.5) is 4.39 Å². The molecule has 2 aliphatic rings. The minimum absolute atomic E-state index is 0.0396. The van der Waals surface area contributed by atoms with E-state index in [1.54, 1.807) is 17.0 Å². The highest BCUT2D eigenvalue weighted by Gasteiger charge is 2.37. The standard InChI is InChI=1S/C18H22FN5O/c1-10(2)16-11(3)15-14(22-23-16)8-9-24(17(15)21-20)18(25)12-6-4-5-7-13(12)19/h4-7,17,21,23H,8-9,20H2,1-3H3. The van der Waals surface area contributed by atoms with Gasteiger partial charge in [0.05, 0.1) is 17.0 Å². The molecule has 0 spiro atoms. The highest BCUT2D eigenvalue weighted by molar-refractivity contribution is 6.06. The maximum absolute atomic E-state index is 14.1. The van der Waals surface area contributed by atoms with E-state index in [1.165, 1.54) is 12.1 Å². The van der Waals surface area contributed by atoms with E-state index in [0.29, 0.717) is 13.0 Å². The third-order valence-electron chi connectivity index (χ3n) is 4.59. The maximum atomic E-state index is 14.1. The first-order valence-corrected chi connectivity index (χ1v) is 8.19. The van der Waals surface area contributed by atoms with E-state index in [-0.39, 0.29) is 5.56 Å². The fraction of sp³-hybridized carbons (Fsp3) is 0.333. The minimum atomic E-state index is -0.559. The highest BCUT2D eigenvalue weighted by Crippen LogP contribution is 2.30. The number of likely N-dealkylation sites (tertiary alicyclic amines) is 1. The van der Waals surface area contributed by atoms with Gasteiger partial charge in [0.15, 0.2) is 0 Å². The number of fused-ring (bicyclic) bond motifs is 1. The zero-order valence-corrected chi connectivity index (χ0v) is 14.6. The maximum Gasteiger partial charge on any atom is 0.258 e. The third-order valence-corrected chi connectivity index (χ3v) is 4.59. The van der Waals surface area contributed by atoms with E-state index in [4.69, 9.17) is 5.84 Å². The molecular weight excluding hydrogens is 321 g/mol. The summed E-state index contributed by atoms with van der Waals surface area (Å²) in [5.41, 5.74) is 10.5. The number of hydrazine groups is 1. The normalized spacial score (nSPS) is 20.0. The average Bonchev–Trinajstić information content (AvgIpc) is 2.60. The van der Waals surface area contributed by atoms with E-state index in [1.807, 2.05) is 20.8 Å². The van der Waals surface area contributed by atoms with Crippen molar-refractivity contribution in [3.63, 3.8) is 0 Å². The molecule has 1 saturated heterocycles. The third kappa shape index (κ3) is 2.96. The second kappa shape index (κ2) is 6.78. The van der Waals surface area contributed by atoms with Crippen LogP contribution in [0.25, 0.3) is 0 Å². The molecule has 0 bridgehead atoms. The molecule has 25 heavy (non-hydrogen) atoms. The summed E-state index contributed by atoms with van der Waals surface area (Å²) in [6.07, 6.45) is 0.0183. The van der Waals surface area contributed by atoms with Gasteiger partial charge in [-0.25, -0.2) is 9.82 Å². The van der Waals surface area contributed by atoms with Crippen molar-refractivity contribution in [1.82, 2.24) is 15.8 Å². The Labute approximate surface area is 146 Å². The van der Waals surface area contributed by atoms with Crippen LogP contribution in [0.1, 0.15) is 37.6 Å². The molecule has 1 amide bonds. The van der Waals surface area contributed by atoms with Crippen LogP contribution in [-0.2, 0) is 0 Å². The van der Waals surface area contributed by atoms with Gasteiger partial charge in [-0.2, -0.15) is 5.10 Å². The van der Waals surface area contributed by atoms with Crippen molar-refractivity contribution < 1.29 is 9.18 Å². The van der Waals surface area contributed by atoms with E-state index in [9.17, 15) is 9.18 Å². The number of allylic oxidation sites excluding steroid dienone is 2. The number of nitrogens with one attached hydrogen (secondary N) is 2. The summed E-state index contributed by atoms with van der Waals surface area (Å²) in [4.78, 5) is 14.4. The van der Waals surface area contributed by atoms with Crippen LogP contribution in [0.3, 0.4) is 0 Å². The lowest BCUT2D eigenvalue weighted by atomic mass is 9.90. The number of rotatable bonds is 2. The van der Waals surface area contributed by atoms with Crippen molar-refractivity contribution in [2.45, 2.75) is 33.4 Å². The lowest BCUT2D eigenvalue weighted by Crippen LogP contribution is -2.58. The SMILES string of the molecule is CC(C)=C1NN=C2CCN(C(=O)c3ccccc3F)C(NN)C2=C1C. The van der Waals surface area contributed by atoms with E-state index >= 15 is 0 Å². The smallest absolute Gasteiger partial charge is 0.258 e. The van der Waals surface area contributed by atoms with Crippen LogP contribution in [0.5, 0.6) is 0 Å². The molecule has 6 nitrogen and oxygen atoms in total. The number of nitrogens with zero attached hydrogens (tertiary/aromatic N) is 2. The number of benzene rings is 1. The van der Waals surface area contributed by atoms with Crippen molar-refractivity contribution in [3.05, 3.63) is 58.1 Å². The molecular formula is C18H22FN5O. The Morgan fingerprint density at radius 1 is 1.40 bits per heavy atom. The number of carbonyl (C=O) groups excluding carboxylic acids is 1. The Morgan fingerprint density at radius 2 is 2.12 bits per heavy atom. The number of piperidine rings is 1. The highest BCUT2D eigenvalue weighted by atomic mass is 19.1. The second-order valence-corrected chi connectivity index (χ2v) is 6.38. The number of hydrogen-bond acceptors (Lipinski definition) is 5. The molecule has 1 unspecified atom stereocenters. The molecule has 4 N–H and O–H groups in total. The fourth-order valence-corrected chi connectivity index (χ4v) is 3.35. The van der Waals surface area contributed by atoms with E-state index in [2.05, 4.69) is 16.0 Å². The van der Waals surface area contributed by atoms with Gasteiger partial charge in [-0.05, 0) is 38.5 Å². The molecule has 2 aliphatic heterocycles. The first-order chi connectivity index (χ1) is 12.0. The molecule has 3 rings (SSSR count). The molecule has 7 heteroatoms. The Balaban J connectivity index is 2.03. The van der Waals surface area contributed by atoms with Crippen molar-refractivity contribution in [2.24, 2.45) is 10.9 Å². The van der Waals surface area contributed by atoms with Gasteiger partial charge in [0, 0.05) is 18.5 Å². The van der Waals surface area contributed by atoms with Gasteiger partial charge in [0.1, 0.15) is 12.0 Å². The molecule has 2 heterocycles. The Kier molecular flexibility index (Phi) is 4.69. The summed E-state index contributed by atoms with van der Waals surface area (Å²) >= 11 is 0. The molecule has 0 aromatic heterocycles. The first kappa shape index (κ1) is 17.3. The number of hydrazone groups is 1. The van der Waals surface area contributed by atoms with E-state index in [0.717, 1.165) is 28.1 Å². The zero-order valence-electron chi connectivity index (χ0n) is 14.6. The monoisotopic (exact) mass is 343 g/mol. The van der Waals surface area contributed by atoms with Gasteiger partial charge >= 0.3 is 0 Å². The molecule has 1 aromatic carbocycles. The van der Waals surface area contributed by atoms with Crippen molar-refractivity contribution >= 4 is 11.6 Å². The number of halogens is 1. The topological polar surface area (TPSA) is 82.8 Å². The van der Waals surface area contributed by atoms with Crippen LogP contribution in [-0.4, -0.2) is 29.2 Å².